The summed E-state index contributed by atoms with van der Waals surface area (Å²) in [6, 6.07) is 6.25. The SMILES string of the molecule is CCN(c1ccc(N)cc1)S(=O)(=O)NC(=O)OC. The number of hydrogen-bond acceptors (Lipinski definition) is 5. The fraction of sp³-hybridized carbons (Fsp3) is 0.300. The third-order valence-electron chi connectivity index (χ3n) is 2.16. The Morgan fingerprint density at radius 2 is 1.94 bits per heavy atom. The van der Waals surface area contributed by atoms with E-state index in [0.29, 0.717) is 11.4 Å². The van der Waals surface area contributed by atoms with E-state index in [2.05, 4.69) is 4.74 Å². The lowest BCUT2D eigenvalue weighted by Crippen LogP contribution is -2.43. The molecule has 0 radical (unpaired) electrons. The summed E-state index contributed by atoms with van der Waals surface area (Å²) in [5, 5.41) is 0. The summed E-state index contributed by atoms with van der Waals surface area (Å²) in [6.45, 7) is 1.81. The van der Waals surface area contributed by atoms with E-state index in [0.717, 1.165) is 11.4 Å². The van der Waals surface area contributed by atoms with Gasteiger partial charge >= 0.3 is 16.3 Å². The molecule has 0 fully saturated rings. The average molecular weight is 273 g/mol. The Balaban J connectivity index is 3.02. The number of nitrogen functional groups attached to an aromatic ring is 1. The van der Waals surface area contributed by atoms with Crippen LogP contribution in [0.3, 0.4) is 0 Å². The third-order valence-corrected chi connectivity index (χ3v) is 3.63. The molecule has 100 valence electrons. The van der Waals surface area contributed by atoms with Crippen LogP contribution in [0.2, 0.25) is 0 Å². The van der Waals surface area contributed by atoms with E-state index >= 15 is 0 Å². The summed E-state index contributed by atoms with van der Waals surface area (Å²) in [5.74, 6) is 0. The van der Waals surface area contributed by atoms with Gasteiger partial charge in [-0.25, -0.2) is 9.52 Å². The maximum atomic E-state index is 11.9. The molecule has 0 saturated heterocycles. The molecule has 0 heterocycles. The molecule has 0 spiro atoms. The Kier molecular flexibility index (Phi) is 4.38. The van der Waals surface area contributed by atoms with Crippen LogP contribution in [0, 0.1) is 0 Å². The Hall–Kier alpha value is -1.96. The van der Waals surface area contributed by atoms with Crippen molar-refractivity contribution in [3.8, 4) is 0 Å². The monoisotopic (exact) mass is 273 g/mol. The lowest BCUT2D eigenvalue weighted by Gasteiger charge is -2.22. The first kappa shape index (κ1) is 14.1. The molecule has 0 aromatic heterocycles. The van der Waals surface area contributed by atoms with Crippen molar-refractivity contribution in [2.45, 2.75) is 6.92 Å². The fourth-order valence-corrected chi connectivity index (χ4v) is 2.48. The summed E-state index contributed by atoms with van der Waals surface area (Å²) in [6.07, 6.45) is -1.04. The number of rotatable bonds is 4. The first-order valence-electron chi connectivity index (χ1n) is 5.14. The second-order valence-electron chi connectivity index (χ2n) is 3.35. The van der Waals surface area contributed by atoms with Crippen LogP contribution in [0.1, 0.15) is 6.92 Å². The molecule has 1 aromatic rings. The molecular weight excluding hydrogens is 258 g/mol. The minimum atomic E-state index is -3.98. The maximum absolute atomic E-state index is 11.9. The zero-order chi connectivity index (χ0) is 13.8. The molecule has 0 aliphatic carbocycles. The normalized spacial score (nSPS) is 10.8. The van der Waals surface area contributed by atoms with Crippen LogP contribution in [-0.2, 0) is 14.9 Å². The summed E-state index contributed by atoms with van der Waals surface area (Å²) < 4.78 is 30.9. The molecule has 8 heteroatoms. The smallest absolute Gasteiger partial charge is 0.422 e. The number of hydrogen-bond donors (Lipinski definition) is 2. The summed E-state index contributed by atoms with van der Waals surface area (Å²) in [7, 11) is -2.89. The first-order valence-corrected chi connectivity index (χ1v) is 6.58. The van der Waals surface area contributed by atoms with Gasteiger partial charge in [-0.3, -0.25) is 4.31 Å². The van der Waals surface area contributed by atoms with Crippen LogP contribution < -0.4 is 14.8 Å². The number of nitrogens with two attached hydrogens (primary N) is 1. The predicted octanol–water partition coefficient (Wildman–Crippen LogP) is 0.696. The van der Waals surface area contributed by atoms with Crippen molar-refractivity contribution < 1.29 is 17.9 Å². The van der Waals surface area contributed by atoms with Gasteiger partial charge in [-0.1, -0.05) is 0 Å². The minimum Gasteiger partial charge on any atom is -0.452 e. The maximum Gasteiger partial charge on any atom is 0.422 e. The molecular formula is C10H15N3O4S. The summed E-state index contributed by atoms with van der Waals surface area (Å²) >= 11 is 0. The van der Waals surface area contributed by atoms with Crippen molar-refractivity contribution in [3.05, 3.63) is 24.3 Å². The van der Waals surface area contributed by atoms with Crippen LogP contribution in [0.15, 0.2) is 24.3 Å². The van der Waals surface area contributed by atoms with E-state index in [1.165, 1.54) is 0 Å². The number of carbonyl (C=O) groups excluding carboxylic acids is 1. The van der Waals surface area contributed by atoms with Crippen LogP contribution in [0.25, 0.3) is 0 Å². The van der Waals surface area contributed by atoms with Gasteiger partial charge in [-0.2, -0.15) is 8.42 Å². The number of methoxy groups -OCH3 is 1. The van der Waals surface area contributed by atoms with Gasteiger partial charge in [-0.15, -0.1) is 0 Å². The molecule has 0 bridgehead atoms. The molecule has 1 rings (SSSR count). The van der Waals surface area contributed by atoms with Gasteiger partial charge in [0, 0.05) is 12.2 Å². The number of amides is 1. The lowest BCUT2D eigenvalue weighted by molar-refractivity contribution is 0.177. The van der Waals surface area contributed by atoms with E-state index in [-0.39, 0.29) is 6.54 Å². The number of ether oxygens (including phenoxy) is 1. The average Bonchev–Trinajstić information content (AvgIpc) is 2.31. The molecule has 0 aliphatic rings. The number of nitrogens with zero attached hydrogens (tertiary/aromatic N) is 1. The van der Waals surface area contributed by atoms with Crippen molar-refractivity contribution in [1.29, 1.82) is 0 Å². The highest BCUT2D eigenvalue weighted by atomic mass is 32.2. The molecule has 1 amide bonds. The van der Waals surface area contributed by atoms with E-state index in [1.807, 2.05) is 0 Å². The Bertz CT molecular complexity index is 512. The lowest BCUT2D eigenvalue weighted by atomic mass is 10.3. The Labute approximate surface area is 106 Å². The first-order chi connectivity index (χ1) is 8.40. The van der Waals surface area contributed by atoms with E-state index in [1.54, 1.807) is 35.9 Å². The molecule has 0 saturated carbocycles. The number of benzene rings is 1. The van der Waals surface area contributed by atoms with Gasteiger partial charge in [0.15, 0.2) is 0 Å². The quantitative estimate of drug-likeness (QED) is 0.786. The third kappa shape index (κ3) is 3.27. The van der Waals surface area contributed by atoms with Gasteiger partial charge in [0.1, 0.15) is 0 Å². The zero-order valence-corrected chi connectivity index (χ0v) is 10.9. The number of carbonyl (C=O) groups is 1. The zero-order valence-electron chi connectivity index (χ0n) is 10.1. The second-order valence-corrected chi connectivity index (χ2v) is 4.95. The van der Waals surface area contributed by atoms with E-state index < -0.39 is 16.3 Å². The van der Waals surface area contributed by atoms with Gasteiger partial charge in [-0.05, 0) is 31.2 Å². The Morgan fingerprint density at radius 3 is 2.39 bits per heavy atom. The summed E-state index contributed by atoms with van der Waals surface area (Å²) in [4.78, 5) is 11.0. The number of anilines is 2. The molecule has 0 atom stereocenters. The topological polar surface area (TPSA) is 102 Å². The predicted molar refractivity (Wildman–Crippen MR) is 68.3 cm³/mol. The molecule has 7 nitrogen and oxygen atoms in total. The fourth-order valence-electron chi connectivity index (χ4n) is 1.33. The van der Waals surface area contributed by atoms with Crippen LogP contribution in [0.5, 0.6) is 0 Å². The van der Waals surface area contributed by atoms with Crippen LogP contribution >= 0.6 is 0 Å². The molecule has 18 heavy (non-hydrogen) atoms. The highest BCUT2D eigenvalue weighted by Gasteiger charge is 2.23. The van der Waals surface area contributed by atoms with Gasteiger partial charge in [0.2, 0.25) is 0 Å². The second kappa shape index (κ2) is 5.58. The van der Waals surface area contributed by atoms with Gasteiger partial charge in [0.05, 0.1) is 12.8 Å². The molecule has 3 N–H and O–H groups in total. The van der Waals surface area contributed by atoms with Crippen LogP contribution in [-0.4, -0.2) is 28.2 Å². The van der Waals surface area contributed by atoms with E-state index in [9.17, 15) is 13.2 Å². The largest absolute Gasteiger partial charge is 0.452 e. The summed E-state index contributed by atoms with van der Waals surface area (Å²) in [5.41, 5.74) is 6.45. The highest BCUT2D eigenvalue weighted by molar-refractivity contribution is 7.91. The minimum absolute atomic E-state index is 0.163. The van der Waals surface area contributed by atoms with Gasteiger partial charge in [0.25, 0.3) is 0 Å². The van der Waals surface area contributed by atoms with Crippen molar-refractivity contribution in [2.75, 3.05) is 23.7 Å². The van der Waals surface area contributed by atoms with Gasteiger partial charge < -0.3 is 10.5 Å². The van der Waals surface area contributed by atoms with Crippen LogP contribution in [0.4, 0.5) is 16.2 Å². The molecule has 0 aliphatic heterocycles. The van der Waals surface area contributed by atoms with Crippen molar-refractivity contribution in [1.82, 2.24) is 4.72 Å². The molecule has 1 aromatic carbocycles. The standard InChI is InChI=1S/C10H15N3O4S/c1-3-13(9-6-4-8(11)5-7-9)18(15,16)12-10(14)17-2/h4-7H,3,11H2,1-2H3,(H,12,14). The van der Waals surface area contributed by atoms with Crippen molar-refractivity contribution >= 4 is 27.7 Å². The molecule has 0 unspecified atom stereocenters. The van der Waals surface area contributed by atoms with Crippen molar-refractivity contribution in [3.63, 3.8) is 0 Å². The Morgan fingerprint density at radius 1 is 1.39 bits per heavy atom. The van der Waals surface area contributed by atoms with E-state index in [4.69, 9.17) is 5.73 Å². The van der Waals surface area contributed by atoms with Crippen molar-refractivity contribution in [2.24, 2.45) is 0 Å². The highest BCUT2D eigenvalue weighted by Crippen LogP contribution is 2.18. The number of nitrogens with one attached hydrogen (secondary N) is 1.